The molecule has 112 valence electrons. The van der Waals surface area contributed by atoms with E-state index in [-0.39, 0.29) is 18.8 Å². The van der Waals surface area contributed by atoms with Gasteiger partial charge in [-0.15, -0.1) is 0 Å². The molecule has 0 unspecified atom stereocenters. The first-order valence-corrected chi connectivity index (χ1v) is 6.25. The zero-order valence-corrected chi connectivity index (χ0v) is 11.0. The lowest BCUT2D eigenvalue weighted by atomic mass is 10.2. The number of anilines is 1. The van der Waals surface area contributed by atoms with Crippen LogP contribution in [0.25, 0.3) is 0 Å². The molecule has 0 aromatic heterocycles. The van der Waals surface area contributed by atoms with Gasteiger partial charge in [-0.25, -0.2) is 4.39 Å². The molecule has 0 radical (unpaired) electrons. The summed E-state index contributed by atoms with van der Waals surface area (Å²) in [5, 5.41) is 2.60. The number of benzene rings is 2. The second kappa shape index (κ2) is 6.47. The Balaban J connectivity index is 1.91. The molecule has 2 aromatic carbocycles. The first-order chi connectivity index (χ1) is 9.97. The van der Waals surface area contributed by atoms with Crippen LogP contribution in [0.5, 0.6) is 5.75 Å². The van der Waals surface area contributed by atoms with Crippen LogP contribution in [0.4, 0.5) is 23.2 Å². The maximum Gasteiger partial charge on any atom is 0.416 e. The Hall–Kier alpha value is -2.24. The van der Waals surface area contributed by atoms with Gasteiger partial charge in [0.15, 0.2) is 0 Å². The number of halogens is 4. The van der Waals surface area contributed by atoms with Crippen LogP contribution in [0.1, 0.15) is 5.56 Å². The third-order valence-electron chi connectivity index (χ3n) is 2.72. The van der Waals surface area contributed by atoms with Crippen LogP contribution in [0.3, 0.4) is 0 Å². The highest BCUT2D eigenvalue weighted by atomic mass is 19.4. The molecule has 1 N–H and O–H groups in total. The average Bonchev–Trinajstić information content (AvgIpc) is 2.45. The molecule has 0 amide bonds. The largest absolute Gasteiger partial charge is 0.492 e. The normalized spacial score (nSPS) is 11.2. The summed E-state index contributed by atoms with van der Waals surface area (Å²) in [5.74, 6) is -0.0912. The Morgan fingerprint density at radius 2 is 1.71 bits per heavy atom. The Labute approximate surface area is 119 Å². The van der Waals surface area contributed by atoms with E-state index in [9.17, 15) is 17.6 Å². The lowest BCUT2D eigenvalue weighted by molar-refractivity contribution is -0.137. The van der Waals surface area contributed by atoms with E-state index in [0.29, 0.717) is 11.8 Å². The molecule has 6 heteroatoms. The highest BCUT2D eigenvalue weighted by Gasteiger charge is 2.31. The number of alkyl halides is 3. The van der Waals surface area contributed by atoms with Crippen molar-refractivity contribution in [3.8, 4) is 5.75 Å². The van der Waals surface area contributed by atoms with Gasteiger partial charge in [-0.05, 0) is 30.3 Å². The van der Waals surface area contributed by atoms with Crippen molar-refractivity contribution in [3.05, 3.63) is 59.9 Å². The van der Waals surface area contributed by atoms with Crippen LogP contribution in [-0.4, -0.2) is 13.2 Å². The van der Waals surface area contributed by atoms with E-state index in [1.807, 2.05) is 6.07 Å². The van der Waals surface area contributed by atoms with Crippen molar-refractivity contribution in [1.29, 1.82) is 0 Å². The highest BCUT2D eigenvalue weighted by Crippen LogP contribution is 2.31. The van der Waals surface area contributed by atoms with Gasteiger partial charge >= 0.3 is 6.18 Å². The molecular weight excluding hydrogens is 286 g/mol. The zero-order chi connectivity index (χ0) is 15.3. The molecule has 2 rings (SSSR count). The maximum absolute atomic E-state index is 13.4. The fraction of sp³-hybridized carbons (Fsp3) is 0.200. The molecule has 0 aliphatic carbocycles. The van der Waals surface area contributed by atoms with Crippen molar-refractivity contribution in [2.75, 3.05) is 18.5 Å². The second-order valence-electron chi connectivity index (χ2n) is 4.28. The maximum atomic E-state index is 13.4. The van der Waals surface area contributed by atoms with Gasteiger partial charge in [-0.3, -0.25) is 0 Å². The Morgan fingerprint density at radius 1 is 1.00 bits per heavy atom. The summed E-state index contributed by atoms with van der Waals surface area (Å²) in [4.78, 5) is 0. The molecule has 0 bridgehead atoms. The predicted octanol–water partition coefficient (Wildman–Crippen LogP) is 4.34. The highest BCUT2D eigenvalue weighted by molar-refractivity contribution is 5.48. The molecule has 0 heterocycles. The van der Waals surface area contributed by atoms with E-state index in [1.54, 1.807) is 24.3 Å². The molecular formula is C15H13F4NO. The van der Waals surface area contributed by atoms with E-state index in [4.69, 9.17) is 4.74 Å². The predicted molar refractivity (Wildman–Crippen MR) is 71.8 cm³/mol. The second-order valence-corrected chi connectivity index (χ2v) is 4.28. The number of hydrogen-bond donors (Lipinski definition) is 1. The van der Waals surface area contributed by atoms with Gasteiger partial charge in [0.2, 0.25) is 0 Å². The number of para-hydroxylation sites is 1. The quantitative estimate of drug-likeness (QED) is 0.655. The van der Waals surface area contributed by atoms with E-state index >= 15 is 0 Å². The zero-order valence-electron chi connectivity index (χ0n) is 11.0. The standard InChI is InChI=1S/C15H13F4NO/c16-13-7-6-11(15(17,18)19)10-14(13)20-8-9-21-12-4-2-1-3-5-12/h1-7,10,20H,8-9H2. The third-order valence-corrected chi connectivity index (χ3v) is 2.72. The lowest BCUT2D eigenvalue weighted by Gasteiger charge is -2.12. The molecule has 0 spiro atoms. The molecule has 0 saturated heterocycles. The number of nitrogens with one attached hydrogen (secondary N) is 1. The van der Waals surface area contributed by atoms with Crippen LogP contribution in [0, 0.1) is 5.82 Å². The molecule has 2 nitrogen and oxygen atoms in total. The van der Waals surface area contributed by atoms with Crippen LogP contribution < -0.4 is 10.1 Å². The molecule has 0 aliphatic rings. The van der Waals surface area contributed by atoms with E-state index in [2.05, 4.69) is 5.32 Å². The fourth-order valence-electron chi connectivity index (χ4n) is 1.71. The Bertz CT molecular complexity index is 584. The minimum absolute atomic E-state index is 0.188. The summed E-state index contributed by atoms with van der Waals surface area (Å²) in [5.41, 5.74) is -1.09. The van der Waals surface area contributed by atoms with Gasteiger partial charge < -0.3 is 10.1 Å². The topological polar surface area (TPSA) is 21.3 Å². The molecule has 0 saturated carbocycles. The minimum Gasteiger partial charge on any atom is -0.492 e. The first kappa shape index (κ1) is 15.2. The van der Waals surface area contributed by atoms with Gasteiger partial charge in [0, 0.05) is 6.54 Å². The summed E-state index contributed by atoms with van der Waals surface area (Å²) in [6.45, 7) is 0.396. The van der Waals surface area contributed by atoms with Crippen molar-refractivity contribution >= 4 is 5.69 Å². The van der Waals surface area contributed by atoms with Crippen molar-refractivity contribution in [2.45, 2.75) is 6.18 Å². The summed E-state index contributed by atoms with van der Waals surface area (Å²) in [6.07, 6.45) is -4.50. The van der Waals surface area contributed by atoms with Gasteiger partial charge in [0.25, 0.3) is 0 Å². The van der Waals surface area contributed by atoms with E-state index in [1.165, 1.54) is 0 Å². The van der Waals surface area contributed by atoms with Crippen LogP contribution >= 0.6 is 0 Å². The number of hydrogen-bond acceptors (Lipinski definition) is 2. The van der Waals surface area contributed by atoms with Crippen molar-refractivity contribution < 1.29 is 22.3 Å². The van der Waals surface area contributed by atoms with E-state index in [0.717, 1.165) is 12.1 Å². The Kier molecular flexibility index (Phi) is 4.67. The van der Waals surface area contributed by atoms with Crippen molar-refractivity contribution in [1.82, 2.24) is 0 Å². The van der Waals surface area contributed by atoms with Crippen LogP contribution in [0.2, 0.25) is 0 Å². The van der Waals surface area contributed by atoms with E-state index < -0.39 is 17.6 Å². The Morgan fingerprint density at radius 3 is 2.38 bits per heavy atom. The fourth-order valence-corrected chi connectivity index (χ4v) is 1.71. The SMILES string of the molecule is Fc1ccc(C(F)(F)F)cc1NCCOc1ccccc1. The smallest absolute Gasteiger partial charge is 0.416 e. The van der Waals surface area contributed by atoms with Gasteiger partial charge in [0.1, 0.15) is 18.2 Å². The summed E-state index contributed by atoms with van der Waals surface area (Å²) >= 11 is 0. The monoisotopic (exact) mass is 299 g/mol. The summed E-state index contributed by atoms with van der Waals surface area (Å²) in [7, 11) is 0. The molecule has 21 heavy (non-hydrogen) atoms. The van der Waals surface area contributed by atoms with Gasteiger partial charge in [-0.2, -0.15) is 13.2 Å². The minimum atomic E-state index is -4.50. The van der Waals surface area contributed by atoms with Crippen LogP contribution in [-0.2, 0) is 6.18 Å². The average molecular weight is 299 g/mol. The molecule has 2 aromatic rings. The number of ether oxygens (including phenoxy) is 1. The first-order valence-electron chi connectivity index (χ1n) is 6.25. The summed E-state index contributed by atoms with van der Waals surface area (Å²) in [6, 6.07) is 11.2. The molecule has 0 atom stereocenters. The van der Waals surface area contributed by atoms with Crippen molar-refractivity contribution in [2.24, 2.45) is 0 Å². The lowest BCUT2D eigenvalue weighted by Crippen LogP contribution is -2.13. The number of rotatable bonds is 5. The molecule has 0 aliphatic heterocycles. The third kappa shape index (κ3) is 4.37. The molecule has 0 fully saturated rings. The summed E-state index contributed by atoms with van der Waals surface area (Å²) < 4.78 is 56.4. The van der Waals surface area contributed by atoms with Crippen molar-refractivity contribution in [3.63, 3.8) is 0 Å². The van der Waals surface area contributed by atoms with Crippen LogP contribution in [0.15, 0.2) is 48.5 Å². The van der Waals surface area contributed by atoms with Gasteiger partial charge in [0.05, 0.1) is 11.3 Å². The van der Waals surface area contributed by atoms with Gasteiger partial charge in [-0.1, -0.05) is 18.2 Å².